The van der Waals surface area contributed by atoms with Gasteiger partial charge in [-0.1, -0.05) is 29.6 Å². The fraction of sp³-hybridized carbons (Fsp3) is 0.429. The maximum atomic E-state index is 13.6. The molecule has 0 unspecified atom stereocenters. The first-order valence-corrected chi connectivity index (χ1v) is 9.96. The quantitative estimate of drug-likeness (QED) is 0.696. The van der Waals surface area contributed by atoms with E-state index in [4.69, 9.17) is 16.1 Å². The van der Waals surface area contributed by atoms with Gasteiger partial charge >= 0.3 is 6.03 Å². The number of benzene rings is 1. The maximum absolute atomic E-state index is 13.6. The van der Waals surface area contributed by atoms with Gasteiger partial charge in [0, 0.05) is 5.56 Å². The number of nitriles is 1. The fourth-order valence-electron chi connectivity index (χ4n) is 4.48. The van der Waals surface area contributed by atoms with E-state index < -0.39 is 5.54 Å². The van der Waals surface area contributed by atoms with E-state index in [1.807, 2.05) is 13.0 Å². The molecular weight excluding hydrogens is 392 g/mol. The van der Waals surface area contributed by atoms with E-state index in [0.29, 0.717) is 41.1 Å². The number of amides is 3. The van der Waals surface area contributed by atoms with E-state index in [2.05, 4.69) is 5.16 Å². The van der Waals surface area contributed by atoms with E-state index in [9.17, 15) is 14.9 Å². The summed E-state index contributed by atoms with van der Waals surface area (Å²) >= 11 is 6.31. The van der Waals surface area contributed by atoms with Crippen molar-refractivity contribution in [2.45, 2.75) is 58.5 Å². The highest BCUT2D eigenvalue weighted by molar-refractivity contribution is 6.33. The molecule has 4 rings (SSSR count). The Labute approximate surface area is 173 Å². The smallest absolute Gasteiger partial charge is 0.332 e. The highest BCUT2D eigenvalue weighted by atomic mass is 35.5. The second kappa shape index (κ2) is 6.89. The zero-order valence-electron chi connectivity index (χ0n) is 16.6. The van der Waals surface area contributed by atoms with Crippen LogP contribution in [-0.4, -0.2) is 27.5 Å². The van der Waals surface area contributed by atoms with Crippen LogP contribution in [0.25, 0.3) is 0 Å². The zero-order valence-corrected chi connectivity index (χ0v) is 17.3. The molecule has 150 valence electrons. The Morgan fingerprint density at radius 2 is 1.93 bits per heavy atom. The van der Waals surface area contributed by atoms with E-state index >= 15 is 0 Å². The minimum atomic E-state index is -0.861. The van der Waals surface area contributed by atoms with Crippen LogP contribution < -0.4 is 4.90 Å². The van der Waals surface area contributed by atoms with Crippen molar-refractivity contribution in [2.75, 3.05) is 4.90 Å². The van der Waals surface area contributed by atoms with Crippen LogP contribution in [0.2, 0.25) is 5.02 Å². The summed E-state index contributed by atoms with van der Waals surface area (Å²) in [4.78, 5) is 30.0. The second-order valence-corrected chi connectivity index (χ2v) is 8.11. The lowest BCUT2D eigenvalue weighted by Crippen LogP contribution is -2.47. The summed E-state index contributed by atoms with van der Waals surface area (Å²) in [5.41, 5.74) is 1.97. The summed E-state index contributed by atoms with van der Waals surface area (Å²) < 4.78 is 5.26. The number of halogens is 1. The van der Waals surface area contributed by atoms with Gasteiger partial charge in [0.2, 0.25) is 0 Å². The number of carbonyl (C=O) groups excluding carboxylic acids is 2. The zero-order chi connectivity index (χ0) is 20.9. The van der Waals surface area contributed by atoms with Crippen LogP contribution in [0, 0.1) is 32.1 Å². The molecule has 7 nitrogen and oxygen atoms in total. The molecule has 8 heteroatoms. The van der Waals surface area contributed by atoms with E-state index in [1.165, 1.54) is 4.90 Å². The predicted octanol–water partition coefficient (Wildman–Crippen LogP) is 4.41. The van der Waals surface area contributed by atoms with Crippen LogP contribution in [0.15, 0.2) is 16.7 Å². The number of anilines is 1. The Bertz CT molecular complexity index is 1040. The molecule has 2 aliphatic rings. The SMILES string of the molecule is Cc1noc(C)c1CN1C(=O)N(c2ccc(C#N)c(Cl)c2C)C(=O)C12CCCC2. The topological polar surface area (TPSA) is 90.4 Å². The lowest BCUT2D eigenvalue weighted by molar-refractivity contribution is -0.124. The molecule has 1 aromatic carbocycles. The van der Waals surface area contributed by atoms with Crippen molar-refractivity contribution >= 4 is 29.2 Å². The molecule has 1 aliphatic carbocycles. The van der Waals surface area contributed by atoms with Crippen LogP contribution >= 0.6 is 11.6 Å². The Balaban J connectivity index is 1.80. The number of hydrogen-bond donors (Lipinski definition) is 0. The Morgan fingerprint density at radius 3 is 2.52 bits per heavy atom. The van der Waals surface area contributed by atoms with E-state index in [-0.39, 0.29) is 23.5 Å². The van der Waals surface area contributed by atoms with Crippen molar-refractivity contribution in [3.63, 3.8) is 0 Å². The van der Waals surface area contributed by atoms with Crippen molar-refractivity contribution in [1.82, 2.24) is 10.1 Å². The Kier molecular flexibility index (Phi) is 4.62. The third-order valence-electron chi connectivity index (χ3n) is 6.19. The first-order valence-electron chi connectivity index (χ1n) is 9.59. The molecular formula is C21H21ClN4O3. The lowest BCUT2D eigenvalue weighted by atomic mass is 9.94. The minimum Gasteiger partial charge on any atom is -0.361 e. The second-order valence-electron chi connectivity index (χ2n) is 7.73. The number of nitrogens with zero attached hydrogens (tertiary/aromatic N) is 4. The lowest BCUT2D eigenvalue weighted by Gasteiger charge is -2.31. The summed E-state index contributed by atoms with van der Waals surface area (Å²) in [7, 11) is 0. The third kappa shape index (κ3) is 2.74. The van der Waals surface area contributed by atoms with Gasteiger partial charge in [-0.2, -0.15) is 5.26 Å². The summed E-state index contributed by atoms with van der Waals surface area (Å²) in [6.45, 7) is 5.63. The highest BCUT2D eigenvalue weighted by Gasteiger charge is 2.59. The molecule has 1 saturated heterocycles. The molecule has 0 bridgehead atoms. The molecule has 0 radical (unpaired) electrons. The third-order valence-corrected chi connectivity index (χ3v) is 6.67. The van der Waals surface area contributed by atoms with Crippen LogP contribution in [0.4, 0.5) is 10.5 Å². The first kappa shape index (κ1) is 19.5. The molecule has 3 amide bonds. The Hall–Kier alpha value is -2.85. The molecule has 0 N–H and O–H groups in total. The normalized spacial score (nSPS) is 18.2. The average molecular weight is 413 g/mol. The summed E-state index contributed by atoms with van der Waals surface area (Å²) in [6, 6.07) is 4.82. The number of rotatable bonds is 3. The van der Waals surface area contributed by atoms with Gasteiger partial charge in [0.25, 0.3) is 5.91 Å². The summed E-state index contributed by atoms with van der Waals surface area (Å²) in [6.07, 6.45) is 3.02. The van der Waals surface area contributed by atoms with Gasteiger partial charge in [-0.15, -0.1) is 0 Å². The number of aryl methyl sites for hydroxylation is 2. The standard InChI is InChI=1S/C21H21ClN4O3/c1-12-17(7-6-15(10-23)18(12)22)26-19(27)21(8-4-5-9-21)25(20(26)28)11-16-13(2)24-29-14(16)3/h6-7H,4-5,8-9,11H2,1-3H3. The van der Waals surface area contributed by atoms with Gasteiger partial charge in [-0.25, -0.2) is 9.69 Å². The van der Waals surface area contributed by atoms with Crippen LogP contribution in [0.3, 0.4) is 0 Å². The molecule has 2 aromatic rings. The van der Waals surface area contributed by atoms with Crippen LogP contribution in [0.5, 0.6) is 0 Å². The molecule has 2 heterocycles. The average Bonchev–Trinajstić information content (AvgIpc) is 3.36. The van der Waals surface area contributed by atoms with E-state index in [1.54, 1.807) is 30.9 Å². The van der Waals surface area contributed by atoms with Crippen molar-refractivity contribution < 1.29 is 14.1 Å². The van der Waals surface area contributed by atoms with Crippen LogP contribution in [-0.2, 0) is 11.3 Å². The summed E-state index contributed by atoms with van der Waals surface area (Å²) in [5.74, 6) is 0.419. The molecule has 29 heavy (non-hydrogen) atoms. The van der Waals surface area contributed by atoms with Gasteiger partial charge in [-0.3, -0.25) is 4.79 Å². The molecule has 1 spiro atoms. The number of carbonyl (C=O) groups is 2. The largest absolute Gasteiger partial charge is 0.361 e. The predicted molar refractivity (Wildman–Crippen MR) is 107 cm³/mol. The fourth-order valence-corrected chi connectivity index (χ4v) is 4.68. The first-order chi connectivity index (χ1) is 13.8. The van der Waals surface area contributed by atoms with Gasteiger partial charge < -0.3 is 9.42 Å². The summed E-state index contributed by atoms with van der Waals surface area (Å²) in [5, 5.41) is 13.4. The van der Waals surface area contributed by atoms with Crippen LogP contribution in [0.1, 0.15) is 53.8 Å². The monoisotopic (exact) mass is 412 g/mol. The molecule has 2 fully saturated rings. The van der Waals surface area contributed by atoms with Crippen molar-refractivity contribution in [3.8, 4) is 6.07 Å². The number of hydrogen-bond acceptors (Lipinski definition) is 5. The van der Waals surface area contributed by atoms with Gasteiger partial charge in [0.05, 0.1) is 28.5 Å². The van der Waals surface area contributed by atoms with Crippen molar-refractivity contribution in [1.29, 1.82) is 5.26 Å². The highest BCUT2D eigenvalue weighted by Crippen LogP contribution is 2.45. The van der Waals surface area contributed by atoms with Gasteiger partial charge in [0.1, 0.15) is 17.4 Å². The van der Waals surface area contributed by atoms with Gasteiger partial charge in [-0.05, 0) is 51.3 Å². The Morgan fingerprint density at radius 1 is 1.24 bits per heavy atom. The maximum Gasteiger partial charge on any atom is 0.332 e. The number of aromatic nitrogens is 1. The molecule has 1 saturated carbocycles. The minimum absolute atomic E-state index is 0.226. The van der Waals surface area contributed by atoms with Crippen molar-refractivity contribution in [2.24, 2.45) is 0 Å². The van der Waals surface area contributed by atoms with Crippen molar-refractivity contribution in [3.05, 3.63) is 45.3 Å². The molecule has 1 aliphatic heterocycles. The number of imide groups is 1. The molecule has 0 atom stereocenters. The van der Waals surface area contributed by atoms with Gasteiger partial charge in [0.15, 0.2) is 0 Å². The molecule has 1 aromatic heterocycles. The van der Waals surface area contributed by atoms with E-state index in [0.717, 1.165) is 18.4 Å². The number of urea groups is 1.